The molecule has 0 fully saturated rings. The smallest absolute Gasteiger partial charge is 0.175 e. The van der Waals surface area contributed by atoms with Crippen molar-refractivity contribution in [3.05, 3.63) is 64.4 Å². The number of hydrogen-bond acceptors (Lipinski definition) is 3. The van der Waals surface area contributed by atoms with E-state index < -0.39 is 15.7 Å². The third-order valence-electron chi connectivity index (χ3n) is 3.00. The summed E-state index contributed by atoms with van der Waals surface area (Å²) in [5.74, 6) is -0.870. The van der Waals surface area contributed by atoms with E-state index in [0.717, 1.165) is 6.26 Å². The summed E-state index contributed by atoms with van der Waals surface area (Å²) in [6.07, 6.45) is 0.909. The van der Waals surface area contributed by atoms with Gasteiger partial charge in [0.25, 0.3) is 0 Å². The van der Waals surface area contributed by atoms with E-state index in [1.807, 2.05) is 0 Å². The number of hydrogen-bond donors (Lipinski definition) is 0. The molecule has 0 aliphatic heterocycles. The highest BCUT2D eigenvalue weighted by atomic mass is 35.5. The van der Waals surface area contributed by atoms with Crippen LogP contribution in [0.3, 0.4) is 0 Å². The topological polar surface area (TPSA) is 51.2 Å². The predicted octanol–water partition coefficient (Wildman–Crippen LogP) is 3.31. The summed E-state index contributed by atoms with van der Waals surface area (Å²) >= 11 is 5.87. The van der Waals surface area contributed by atoms with Crippen LogP contribution in [0.2, 0.25) is 5.02 Å². The Balaban J connectivity index is 2.25. The largest absolute Gasteiger partial charge is 0.294 e. The maximum absolute atomic E-state index is 13.6. The lowest BCUT2D eigenvalue weighted by molar-refractivity contribution is 0.0991. The first-order chi connectivity index (χ1) is 9.79. The van der Waals surface area contributed by atoms with Crippen LogP contribution in [-0.2, 0) is 16.3 Å². The molecule has 110 valence electrons. The van der Waals surface area contributed by atoms with Crippen LogP contribution in [-0.4, -0.2) is 20.5 Å². The molecule has 0 amide bonds. The number of Topliss-reactive ketones (excluding diaryl/α,β-unsaturated/α-hetero) is 1. The first kappa shape index (κ1) is 15.7. The van der Waals surface area contributed by atoms with E-state index in [0.29, 0.717) is 5.56 Å². The Morgan fingerprint density at radius 1 is 1.14 bits per heavy atom. The molecular formula is C15H12ClFO3S. The van der Waals surface area contributed by atoms with Gasteiger partial charge in [0.15, 0.2) is 15.6 Å². The van der Waals surface area contributed by atoms with E-state index in [-0.39, 0.29) is 27.7 Å². The zero-order valence-electron chi connectivity index (χ0n) is 11.1. The van der Waals surface area contributed by atoms with Crippen LogP contribution in [0.15, 0.2) is 47.4 Å². The maximum Gasteiger partial charge on any atom is 0.175 e. The van der Waals surface area contributed by atoms with Gasteiger partial charge in [0, 0.05) is 28.8 Å². The van der Waals surface area contributed by atoms with Crippen LogP contribution in [0.1, 0.15) is 15.9 Å². The molecule has 2 rings (SSSR count). The summed E-state index contributed by atoms with van der Waals surface area (Å²) in [6.45, 7) is 0. The monoisotopic (exact) mass is 326 g/mol. The van der Waals surface area contributed by atoms with E-state index in [9.17, 15) is 17.6 Å². The van der Waals surface area contributed by atoms with Crippen LogP contribution >= 0.6 is 11.6 Å². The van der Waals surface area contributed by atoms with Gasteiger partial charge in [0.05, 0.1) is 4.90 Å². The molecule has 2 aromatic carbocycles. The minimum atomic E-state index is -3.31. The Bertz CT molecular complexity index is 763. The van der Waals surface area contributed by atoms with Crippen LogP contribution in [0.25, 0.3) is 0 Å². The number of rotatable bonds is 4. The minimum absolute atomic E-state index is 0.128. The van der Waals surface area contributed by atoms with Gasteiger partial charge in [-0.15, -0.1) is 0 Å². The molecular weight excluding hydrogens is 315 g/mol. The summed E-state index contributed by atoms with van der Waals surface area (Å²) < 4.78 is 36.3. The fourth-order valence-corrected chi connectivity index (χ4v) is 2.71. The third-order valence-corrected chi connectivity index (χ3v) is 4.49. The first-order valence-corrected chi connectivity index (χ1v) is 8.32. The number of carbonyl (C=O) groups is 1. The van der Waals surface area contributed by atoms with Crippen molar-refractivity contribution >= 4 is 27.2 Å². The number of ketones is 1. The molecule has 0 spiro atoms. The van der Waals surface area contributed by atoms with Gasteiger partial charge in [0.2, 0.25) is 0 Å². The molecule has 0 N–H and O–H groups in total. The summed E-state index contributed by atoms with van der Waals surface area (Å²) in [6, 6.07) is 9.74. The zero-order valence-corrected chi connectivity index (χ0v) is 12.7. The predicted molar refractivity (Wildman–Crippen MR) is 79.0 cm³/mol. The zero-order chi connectivity index (χ0) is 15.6. The number of carbonyl (C=O) groups excluding carboxylic acids is 1. The SMILES string of the molecule is CS(=O)(=O)c1ccc(C(=O)Cc2c(F)cccc2Cl)cc1. The molecule has 0 saturated carbocycles. The molecule has 3 nitrogen and oxygen atoms in total. The lowest BCUT2D eigenvalue weighted by atomic mass is 10.0. The standard InChI is InChI=1S/C15H12ClFO3S/c1-21(19,20)11-7-5-10(6-8-11)15(18)9-12-13(16)3-2-4-14(12)17/h2-8H,9H2,1H3. The van der Waals surface area contributed by atoms with Crippen molar-refractivity contribution in [1.82, 2.24) is 0 Å². The van der Waals surface area contributed by atoms with E-state index in [4.69, 9.17) is 11.6 Å². The van der Waals surface area contributed by atoms with Crippen molar-refractivity contribution in [2.75, 3.05) is 6.26 Å². The van der Waals surface area contributed by atoms with Gasteiger partial charge < -0.3 is 0 Å². The van der Waals surface area contributed by atoms with Crippen LogP contribution < -0.4 is 0 Å². The normalized spacial score (nSPS) is 11.4. The molecule has 0 aromatic heterocycles. The van der Waals surface area contributed by atoms with Crippen molar-refractivity contribution in [1.29, 1.82) is 0 Å². The summed E-state index contributed by atoms with van der Waals surface area (Å²) in [5.41, 5.74) is 0.443. The minimum Gasteiger partial charge on any atom is -0.294 e. The quantitative estimate of drug-likeness (QED) is 0.810. The highest BCUT2D eigenvalue weighted by Gasteiger charge is 2.14. The summed E-state index contributed by atoms with van der Waals surface area (Å²) in [5, 5.41) is 0.191. The van der Waals surface area contributed by atoms with Crippen LogP contribution in [0.4, 0.5) is 4.39 Å². The fourth-order valence-electron chi connectivity index (χ4n) is 1.85. The maximum atomic E-state index is 13.6. The Morgan fingerprint density at radius 3 is 2.29 bits per heavy atom. The average Bonchev–Trinajstić information content (AvgIpc) is 2.42. The summed E-state index contributed by atoms with van der Waals surface area (Å²) in [7, 11) is -3.31. The Labute approximate surface area is 127 Å². The first-order valence-electron chi connectivity index (χ1n) is 6.05. The highest BCUT2D eigenvalue weighted by Crippen LogP contribution is 2.21. The molecule has 0 radical (unpaired) electrons. The molecule has 0 atom stereocenters. The van der Waals surface area contributed by atoms with E-state index >= 15 is 0 Å². The van der Waals surface area contributed by atoms with Crippen molar-refractivity contribution in [2.24, 2.45) is 0 Å². The van der Waals surface area contributed by atoms with Gasteiger partial charge >= 0.3 is 0 Å². The number of sulfone groups is 1. The molecule has 6 heteroatoms. The molecule has 0 aliphatic rings. The van der Waals surface area contributed by atoms with Crippen molar-refractivity contribution in [2.45, 2.75) is 11.3 Å². The Morgan fingerprint density at radius 2 is 1.76 bits per heavy atom. The molecule has 0 bridgehead atoms. The van der Waals surface area contributed by atoms with Gasteiger partial charge in [-0.25, -0.2) is 12.8 Å². The molecule has 0 unspecified atom stereocenters. The number of halogens is 2. The van der Waals surface area contributed by atoms with Gasteiger partial charge in [-0.05, 0) is 24.3 Å². The third kappa shape index (κ3) is 3.68. The van der Waals surface area contributed by atoms with Crippen molar-refractivity contribution in [3.8, 4) is 0 Å². The lowest BCUT2D eigenvalue weighted by Crippen LogP contribution is -2.06. The van der Waals surface area contributed by atoms with E-state index in [2.05, 4.69) is 0 Å². The fraction of sp³-hybridized carbons (Fsp3) is 0.133. The van der Waals surface area contributed by atoms with Crippen LogP contribution in [0, 0.1) is 5.82 Å². The molecule has 0 heterocycles. The second kappa shape index (κ2) is 5.95. The van der Waals surface area contributed by atoms with E-state index in [1.165, 1.54) is 42.5 Å². The second-order valence-corrected chi connectivity index (χ2v) is 7.02. The van der Waals surface area contributed by atoms with Crippen LogP contribution in [0.5, 0.6) is 0 Å². The summed E-state index contributed by atoms with van der Waals surface area (Å²) in [4.78, 5) is 12.2. The van der Waals surface area contributed by atoms with Gasteiger partial charge in [-0.2, -0.15) is 0 Å². The number of benzene rings is 2. The second-order valence-electron chi connectivity index (χ2n) is 4.60. The molecule has 2 aromatic rings. The van der Waals surface area contributed by atoms with Crippen molar-refractivity contribution in [3.63, 3.8) is 0 Å². The molecule has 0 aliphatic carbocycles. The molecule has 0 saturated heterocycles. The lowest BCUT2D eigenvalue weighted by Gasteiger charge is -2.06. The van der Waals surface area contributed by atoms with Crippen molar-refractivity contribution < 1.29 is 17.6 Å². The highest BCUT2D eigenvalue weighted by molar-refractivity contribution is 7.90. The van der Waals surface area contributed by atoms with Gasteiger partial charge in [0.1, 0.15) is 5.82 Å². The van der Waals surface area contributed by atoms with Gasteiger partial charge in [-0.3, -0.25) is 4.79 Å². The average molecular weight is 327 g/mol. The molecule has 21 heavy (non-hydrogen) atoms. The Kier molecular flexibility index (Phi) is 4.44. The van der Waals surface area contributed by atoms with Gasteiger partial charge in [-0.1, -0.05) is 29.8 Å². The van der Waals surface area contributed by atoms with E-state index in [1.54, 1.807) is 0 Å². The Hall–Kier alpha value is -1.72.